The van der Waals surface area contributed by atoms with Crippen LogP contribution in [0.4, 0.5) is 0 Å². The van der Waals surface area contributed by atoms with E-state index in [1.807, 2.05) is 12.1 Å². The lowest BCUT2D eigenvalue weighted by molar-refractivity contribution is 0.409. The molecule has 5 nitrogen and oxygen atoms in total. The summed E-state index contributed by atoms with van der Waals surface area (Å²) in [5.74, 6) is 4.32. The number of hydrogen-bond acceptors (Lipinski definition) is 5. The summed E-state index contributed by atoms with van der Waals surface area (Å²) in [5.41, 5.74) is 11.1. The molecule has 0 spiro atoms. The maximum Gasteiger partial charge on any atom is 0.260 e. The molecule has 2 N–H and O–H groups in total. The molecular weight excluding hydrogens is 673 g/mol. The van der Waals surface area contributed by atoms with E-state index < -0.39 is 0 Å². The van der Waals surface area contributed by atoms with E-state index in [2.05, 4.69) is 180 Å². The van der Waals surface area contributed by atoms with Gasteiger partial charge in [0, 0.05) is 11.0 Å². The summed E-state index contributed by atoms with van der Waals surface area (Å²) in [6, 6.07) is 63.9. The summed E-state index contributed by atoms with van der Waals surface area (Å²) >= 11 is 0. The number of ether oxygens (including phenoxy) is 2. The van der Waals surface area contributed by atoms with E-state index in [9.17, 15) is 0 Å². The second kappa shape index (κ2) is 12.9. The van der Waals surface area contributed by atoms with Gasteiger partial charge in [-0.05, 0) is 91.5 Å². The van der Waals surface area contributed by atoms with Gasteiger partial charge < -0.3 is 14.8 Å². The minimum Gasteiger partial charge on any atom is -0.458 e. The van der Waals surface area contributed by atoms with Crippen molar-refractivity contribution in [1.82, 2.24) is 10.6 Å². The smallest absolute Gasteiger partial charge is 0.260 e. The molecule has 0 bridgehead atoms. The van der Waals surface area contributed by atoms with Crippen LogP contribution < -0.4 is 36.5 Å². The van der Waals surface area contributed by atoms with Gasteiger partial charge in [0.15, 0.2) is 0 Å². The van der Waals surface area contributed by atoms with Gasteiger partial charge in [-0.1, -0.05) is 146 Å². The van der Waals surface area contributed by atoms with E-state index in [0.717, 1.165) is 84.2 Å². The van der Waals surface area contributed by atoms with Gasteiger partial charge in [-0.2, -0.15) is 0 Å². The summed E-state index contributed by atoms with van der Waals surface area (Å²) in [4.78, 5) is 5.32. The Bertz CT molecular complexity index is 2740. The molecule has 0 saturated heterocycles. The second-order valence-electron chi connectivity index (χ2n) is 14.4. The van der Waals surface area contributed by atoms with Gasteiger partial charge >= 0.3 is 0 Å². The van der Waals surface area contributed by atoms with Crippen LogP contribution in [0.1, 0.15) is 29.0 Å². The Morgan fingerprint density at radius 1 is 0.473 bits per heavy atom. The molecule has 3 heterocycles. The highest BCUT2D eigenvalue weighted by molar-refractivity contribution is 6.98. The summed E-state index contributed by atoms with van der Waals surface area (Å²) in [6.07, 6.45) is -0.400. The Kier molecular flexibility index (Phi) is 7.42. The number of rotatable bonds is 5. The third-order valence-electron chi connectivity index (χ3n) is 11.1. The fourth-order valence-electron chi connectivity index (χ4n) is 8.44. The van der Waals surface area contributed by atoms with Crippen LogP contribution in [-0.4, -0.2) is 12.5 Å². The molecule has 3 aliphatic rings. The van der Waals surface area contributed by atoms with Crippen LogP contribution in [0.25, 0.3) is 33.0 Å². The maximum absolute atomic E-state index is 6.60. The molecule has 55 heavy (non-hydrogen) atoms. The number of fused-ring (bicyclic) bond motifs is 5. The zero-order chi connectivity index (χ0) is 36.3. The van der Waals surface area contributed by atoms with Gasteiger partial charge in [0.25, 0.3) is 6.71 Å². The van der Waals surface area contributed by atoms with Gasteiger partial charge in [0.05, 0.1) is 0 Å². The first-order valence-electron chi connectivity index (χ1n) is 18.8. The van der Waals surface area contributed by atoms with Crippen LogP contribution in [-0.2, 0) is 0 Å². The molecule has 2 unspecified atom stereocenters. The predicted molar refractivity (Wildman–Crippen MR) is 224 cm³/mol. The first-order chi connectivity index (χ1) is 27.2. The summed E-state index contributed by atoms with van der Waals surface area (Å²) in [7, 11) is 0. The number of hydrogen-bond donors (Lipinski definition) is 2. The highest BCUT2D eigenvalue weighted by Gasteiger charge is 2.40. The number of aliphatic imine (C=N–C) groups is 1. The third-order valence-corrected chi connectivity index (χ3v) is 11.1. The van der Waals surface area contributed by atoms with Gasteiger partial charge in [-0.15, -0.1) is 0 Å². The molecule has 0 saturated carbocycles. The molecule has 3 aliphatic heterocycles. The molecule has 11 rings (SSSR count). The number of para-hydroxylation sites is 2. The van der Waals surface area contributed by atoms with Crippen molar-refractivity contribution in [3.05, 3.63) is 199 Å². The standard InChI is InChI=1S/C49H34BN3O2/c1-2-14-32(15-3-1)47-51-48(53-49(52-47)39-22-12-16-31-13-4-5-21-38(31)39)36-20-11-18-34(28-36)33-17-10-19-35(27-33)37-29-44-46-45(30-37)55-43-26-9-7-24-41(43)50(46)40-23-6-8-25-42(40)54-44/h1-30,47-48,51H,(H,52,53). The fraction of sp³-hybridized carbons (Fsp3) is 0.0408. The van der Waals surface area contributed by atoms with Crippen molar-refractivity contribution in [3.63, 3.8) is 0 Å². The highest BCUT2D eigenvalue weighted by atomic mass is 16.5. The third kappa shape index (κ3) is 5.49. The van der Waals surface area contributed by atoms with Crippen molar-refractivity contribution in [2.75, 3.05) is 0 Å². The van der Waals surface area contributed by atoms with Crippen LogP contribution >= 0.6 is 0 Å². The van der Waals surface area contributed by atoms with Gasteiger partial charge in [0.2, 0.25) is 0 Å². The minimum atomic E-state index is -0.273. The van der Waals surface area contributed by atoms with Crippen LogP contribution in [0.15, 0.2) is 187 Å². The van der Waals surface area contributed by atoms with Crippen molar-refractivity contribution in [2.45, 2.75) is 12.3 Å². The zero-order valence-corrected chi connectivity index (χ0v) is 29.8. The van der Waals surface area contributed by atoms with Crippen molar-refractivity contribution in [3.8, 4) is 45.3 Å². The molecule has 2 atom stereocenters. The second-order valence-corrected chi connectivity index (χ2v) is 14.4. The van der Waals surface area contributed by atoms with Crippen molar-refractivity contribution in [2.24, 2.45) is 4.99 Å². The molecule has 0 aliphatic carbocycles. The fourth-order valence-corrected chi connectivity index (χ4v) is 8.44. The van der Waals surface area contributed by atoms with Crippen LogP contribution in [0, 0.1) is 0 Å². The lowest BCUT2D eigenvalue weighted by Crippen LogP contribution is -2.57. The summed E-state index contributed by atoms with van der Waals surface area (Å²) in [5, 5.41) is 9.87. The normalized spacial score (nSPS) is 16.4. The average Bonchev–Trinajstić information content (AvgIpc) is 3.26. The molecule has 260 valence electrons. The van der Waals surface area contributed by atoms with E-state index >= 15 is 0 Å². The van der Waals surface area contributed by atoms with Crippen LogP contribution in [0.5, 0.6) is 23.0 Å². The predicted octanol–water partition coefficient (Wildman–Crippen LogP) is 9.24. The molecule has 0 fully saturated rings. The molecule has 8 aromatic carbocycles. The first-order valence-corrected chi connectivity index (χ1v) is 18.8. The Balaban J connectivity index is 0.969. The quantitative estimate of drug-likeness (QED) is 0.175. The van der Waals surface area contributed by atoms with E-state index in [1.54, 1.807) is 0 Å². The largest absolute Gasteiger partial charge is 0.458 e. The van der Waals surface area contributed by atoms with Crippen molar-refractivity contribution in [1.29, 1.82) is 0 Å². The first kappa shape index (κ1) is 31.6. The van der Waals surface area contributed by atoms with E-state index in [-0.39, 0.29) is 19.0 Å². The maximum atomic E-state index is 6.60. The number of nitrogens with one attached hydrogen (secondary N) is 2. The van der Waals surface area contributed by atoms with Crippen molar-refractivity contribution >= 4 is 39.7 Å². The highest BCUT2D eigenvalue weighted by Crippen LogP contribution is 2.39. The summed E-state index contributed by atoms with van der Waals surface area (Å²) < 4.78 is 13.2. The number of nitrogens with zero attached hydrogens (tertiary/aromatic N) is 1. The average molecular weight is 708 g/mol. The summed E-state index contributed by atoms with van der Waals surface area (Å²) in [6.45, 7) is 0.0527. The number of benzene rings is 8. The Morgan fingerprint density at radius 3 is 1.82 bits per heavy atom. The van der Waals surface area contributed by atoms with E-state index in [1.165, 1.54) is 10.8 Å². The molecule has 0 amide bonds. The van der Waals surface area contributed by atoms with E-state index in [4.69, 9.17) is 14.5 Å². The lowest BCUT2D eigenvalue weighted by atomic mass is 9.35. The SMILES string of the molecule is c1ccc(C2NC(c3cccc4ccccc34)=NC(c3cccc(-c4cccc(-c5cc6c7c(c5)Oc5ccccc5B7c5ccccc5O6)c4)c3)N2)cc1. The molecule has 0 radical (unpaired) electrons. The van der Waals surface area contributed by atoms with Crippen molar-refractivity contribution < 1.29 is 9.47 Å². The molecule has 0 aromatic heterocycles. The lowest BCUT2D eigenvalue weighted by Gasteiger charge is -2.33. The topological polar surface area (TPSA) is 54.9 Å². The van der Waals surface area contributed by atoms with Crippen LogP contribution in [0.3, 0.4) is 0 Å². The zero-order valence-electron chi connectivity index (χ0n) is 29.8. The van der Waals surface area contributed by atoms with Gasteiger partial charge in [-0.3, -0.25) is 5.32 Å². The Morgan fingerprint density at radius 2 is 1.05 bits per heavy atom. The molecule has 8 aromatic rings. The van der Waals surface area contributed by atoms with Gasteiger partial charge in [-0.25, -0.2) is 4.99 Å². The Hall–Kier alpha value is -6.89. The monoisotopic (exact) mass is 707 g/mol. The Labute approximate surface area is 320 Å². The van der Waals surface area contributed by atoms with E-state index in [0.29, 0.717) is 0 Å². The minimum absolute atomic E-state index is 0.0527. The van der Waals surface area contributed by atoms with Crippen LogP contribution in [0.2, 0.25) is 0 Å². The molecular formula is C49H34BN3O2. The molecule has 6 heteroatoms. The van der Waals surface area contributed by atoms with Gasteiger partial charge in [0.1, 0.15) is 41.2 Å². The number of amidine groups is 1.